The van der Waals surface area contributed by atoms with E-state index in [1.165, 1.54) is 0 Å². The highest BCUT2D eigenvalue weighted by molar-refractivity contribution is 5.79. The monoisotopic (exact) mass is 427 g/mol. The van der Waals surface area contributed by atoms with Gasteiger partial charge in [0.15, 0.2) is 0 Å². The quantitative estimate of drug-likeness (QED) is 0.337. The summed E-state index contributed by atoms with van der Waals surface area (Å²) >= 11 is 0. The predicted octanol–water partition coefficient (Wildman–Crippen LogP) is 5.80. The highest BCUT2D eigenvalue weighted by Gasteiger charge is 2.40. The van der Waals surface area contributed by atoms with Gasteiger partial charge in [-0.1, -0.05) is 91.0 Å². The molecule has 0 spiro atoms. The average Bonchev–Trinajstić information content (AvgIpc) is 2.84. The minimum atomic E-state index is -0.443. The van der Waals surface area contributed by atoms with E-state index < -0.39 is 12.0 Å². The topological polar surface area (TPSA) is 69.4 Å². The lowest BCUT2D eigenvalue weighted by atomic mass is 9.85. The van der Waals surface area contributed by atoms with Crippen molar-refractivity contribution in [2.45, 2.75) is 37.7 Å². The van der Waals surface area contributed by atoms with Gasteiger partial charge in [0.05, 0.1) is 10.8 Å². The van der Waals surface area contributed by atoms with Crippen molar-refractivity contribution in [3.8, 4) is 0 Å². The highest BCUT2D eigenvalue weighted by atomic mass is 16.6. The molecule has 0 saturated carbocycles. The van der Waals surface area contributed by atoms with Crippen molar-refractivity contribution in [1.29, 1.82) is 0 Å². The van der Waals surface area contributed by atoms with Crippen LogP contribution in [0.3, 0.4) is 0 Å². The number of benzene rings is 3. The molecule has 0 aliphatic carbocycles. The summed E-state index contributed by atoms with van der Waals surface area (Å²) in [7, 11) is 0. The van der Waals surface area contributed by atoms with Gasteiger partial charge in [0, 0.05) is 24.8 Å². The number of rotatable bonds is 8. The van der Waals surface area contributed by atoms with E-state index in [0.717, 1.165) is 11.1 Å². The first-order valence-corrected chi connectivity index (χ1v) is 10.8. The van der Waals surface area contributed by atoms with Gasteiger partial charge < -0.3 is 4.74 Å². The number of hydrogen-bond donors (Lipinski definition) is 0. The molecule has 0 aromatic heterocycles. The number of nitro groups is 1. The van der Waals surface area contributed by atoms with E-state index in [-0.39, 0.29) is 28.6 Å². The fourth-order valence-electron chi connectivity index (χ4n) is 4.21. The van der Waals surface area contributed by atoms with Crippen molar-refractivity contribution < 1.29 is 14.5 Å². The molecule has 0 bridgehead atoms. The van der Waals surface area contributed by atoms with Gasteiger partial charge in [0.25, 0.3) is 5.70 Å². The molecule has 4 rings (SSSR count). The summed E-state index contributed by atoms with van der Waals surface area (Å²) in [5.74, 6) is -0.0822. The fraction of sp³-hybridized carbons (Fsp3) is 0.222. The van der Waals surface area contributed by atoms with Crippen LogP contribution in [0.15, 0.2) is 96.7 Å². The molecule has 0 N–H and O–H groups in total. The summed E-state index contributed by atoms with van der Waals surface area (Å²) in [4.78, 5) is 24.5. The Balaban J connectivity index is 1.60. The van der Waals surface area contributed by atoms with E-state index in [1.54, 1.807) is 12.1 Å². The Morgan fingerprint density at radius 3 is 2.12 bits per heavy atom. The molecule has 3 aromatic rings. The lowest BCUT2D eigenvalue weighted by Crippen LogP contribution is -2.29. The standard InChI is InChI=1S/C27H25NO4/c29-23(17-16-20-10-4-1-5-11-20)18-24-19-25(21-12-6-2-7-13-21)26(28(30)31)27(32-24)22-14-8-3-9-15-22/h1-15,24-25H,16-19H2/t24-,25-/m1/s1. The Kier molecular flexibility index (Phi) is 6.75. The van der Waals surface area contributed by atoms with Crippen molar-refractivity contribution in [2.75, 3.05) is 0 Å². The van der Waals surface area contributed by atoms with Gasteiger partial charge in [-0.05, 0) is 17.5 Å². The zero-order chi connectivity index (χ0) is 22.3. The van der Waals surface area contributed by atoms with E-state index in [4.69, 9.17) is 4.74 Å². The molecule has 2 atom stereocenters. The Bertz CT molecular complexity index is 1090. The van der Waals surface area contributed by atoms with Gasteiger partial charge in [0.2, 0.25) is 5.76 Å². The first kappa shape index (κ1) is 21.5. The van der Waals surface area contributed by atoms with Crippen molar-refractivity contribution in [3.63, 3.8) is 0 Å². The molecule has 1 aliphatic heterocycles. The molecule has 5 heteroatoms. The van der Waals surface area contributed by atoms with Gasteiger partial charge in [-0.15, -0.1) is 0 Å². The van der Waals surface area contributed by atoms with E-state index in [0.29, 0.717) is 24.8 Å². The zero-order valence-corrected chi connectivity index (χ0v) is 17.7. The van der Waals surface area contributed by atoms with Crippen LogP contribution in [0.2, 0.25) is 0 Å². The normalized spacial score (nSPS) is 18.1. The molecule has 0 fully saturated rings. The van der Waals surface area contributed by atoms with Crippen molar-refractivity contribution in [1.82, 2.24) is 0 Å². The first-order valence-electron chi connectivity index (χ1n) is 10.8. The number of ether oxygens (including phenoxy) is 1. The second-order valence-electron chi connectivity index (χ2n) is 8.00. The molecule has 3 aromatic carbocycles. The van der Waals surface area contributed by atoms with Gasteiger partial charge in [-0.25, -0.2) is 0 Å². The maximum Gasteiger partial charge on any atom is 0.295 e. The van der Waals surface area contributed by atoms with Gasteiger partial charge in [0.1, 0.15) is 11.9 Å². The Labute approximate surface area is 187 Å². The summed E-state index contributed by atoms with van der Waals surface area (Å²) in [5.41, 5.74) is 2.68. The minimum absolute atomic E-state index is 0.0513. The number of Topliss-reactive ketones (excluding diaryl/α,β-unsaturated/α-hetero) is 1. The molecular formula is C27H25NO4. The van der Waals surface area contributed by atoms with Crippen LogP contribution in [-0.2, 0) is 16.0 Å². The lowest BCUT2D eigenvalue weighted by Gasteiger charge is -2.30. The molecule has 1 heterocycles. The molecule has 5 nitrogen and oxygen atoms in total. The maximum atomic E-state index is 12.8. The van der Waals surface area contributed by atoms with Crippen molar-refractivity contribution in [3.05, 3.63) is 123 Å². The number of ketones is 1. The van der Waals surface area contributed by atoms with Crippen LogP contribution >= 0.6 is 0 Å². The van der Waals surface area contributed by atoms with Gasteiger partial charge in [-0.3, -0.25) is 14.9 Å². The largest absolute Gasteiger partial charge is 0.483 e. The average molecular weight is 428 g/mol. The van der Waals surface area contributed by atoms with Crippen LogP contribution in [0.25, 0.3) is 5.76 Å². The van der Waals surface area contributed by atoms with Crippen LogP contribution in [0.5, 0.6) is 0 Å². The number of hydrogen-bond acceptors (Lipinski definition) is 4. The van der Waals surface area contributed by atoms with Gasteiger partial charge in [-0.2, -0.15) is 0 Å². The summed E-state index contributed by atoms with van der Waals surface area (Å²) in [6, 6.07) is 28.5. The molecule has 0 amide bonds. The molecule has 1 aliphatic rings. The molecule has 32 heavy (non-hydrogen) atoms. The third-order valence-electron chi connectivity index (χ3n) is 5.77. The minimum Gasteiger partial charge on any atom is -0.483 e. The maximum absolute atomic E-state index is 12.8. The number of allylic oxidation sites excluding steroid dienone is 1. The zero-order valence-electron chi connectivity index (χ0n) is 17.7. The Morgan fingerprint density at radius 1 is 0.906 bits per heavy atom. The summed E-state index contributed by atoms with van der Waals surface area (Å²) in [6.07, 6.45) is 1.32. The lowest BCUT2D eigenvalue weighted by molar-refractivity contribution is -0.432. The molecule has 0 saturated heterocycles. The van der Waals surface area contributed by atoms with Crippen LogP contribution < -0.4 is 0 Å². The highest BCUT2D eigenvalue weighted by Crippen LogP contribution is 2.41. The second kappa shape index (κ2) is 10.1. The molecule has 0 radical (unpaired) electrons. The van der Waals surface area contributed by atoms with E-state index >= 15 is 0 Å². The number of carbonyl (C=O) groups excluding carboxylic acids is 1. The van der Waals surface area contributed by atoms with Crippen LogP contribution in [0, 0.1) is 10.1 Å². The summed E-state index contributed by atoms with van der Waals surface area (Å²) in [6.45, 7) is 0. The van der Waals surface area contributed by atoms with Crippen LogP contribution in [0.1, 0.15) is 41.9 Å². The third kappa shape index (κ3) is 5.11. The fourth-order valence-corrected chi connectivity index (χ4v) is 4.21. The predicted molar refractivity (Wildman–Crippen MR) is 123 cm³/mol. The molecular weight excluding hydrogens is 402 g/mol. The second-order valence-corrected chi connectivity index (χ2v) is 8.00. The SMILES string of the molecule is O=C(CCc1ccccc1)C[C@@H]1C[C@H](c2ccccc2)C([N+](=O)[O-])=C(c2ccccc2)O1. The smallest absolute Gasteiger partial charge is 0.295 e. The number of nitrogens with zero attached hydrogens (tertiary/aromatic N) is 1. The van der Waals surface area contributed by atoms with E-state index in [2.05, 4.69) is 0 Å². The Morgan fingerprint density at radius 2 is 1.50 bits per heavy atom. The van der Waals surface area contributed by atoms with Crippen LogP contribution in [0.4, 0.5) is 0 Å². The molecule has 162 valence electrons. The van der Waals surface area contributed by atoms with Crippen molar-refractivity contribution >= 4 is 11.5 Å². The van der Waals surface area contributed by atoms with Crippen LogP contribution in [-0.4, -0.2) is 16.8 Å². The summed E-state index contributed by atoms with van der Waals surface area (Å²) in [5, 5.41) is 12.1. The molecule has 0 unspecified atom stereocenters. The van der Waals surface area contributed by atoms with Gasteiger partial charge >= 0.3 is 0 Å². The van der Waals surface area contributed by atoms with E-state index in [9.17, 15) is 14.9 Å². The number of carbonyl (C=O) groups is 1. The first-order chi connectivity index (χ1) is 15.6. The summed E-state index contributed by atoms with van der Waals surface area (Å²) < 4.78 is 6.14. The third-order valence-corrected chi connectivity index (χ3v) is 5.77. The van der Waals surface area contributed by atoms with E-state index in [1.807, 2.05) is 78.9 Å². The number of aryl methyl sites for hydroxylation is 1. The van der Waals surface area contributed by atoms with Crippen molar-refractivity contribution in [2.24, 2.45) is 0 Å². The Hall–Kier alpha value is -3.73.